The molecule has 0 amide bonds. The van der Waals surface area contributed by atoms with Gasteiger partial charge in [-0.1, -0.05) is 0 Å². The first-order valence-electron chi connectivity index (χ1n) is 6.94. The molecule has 2 heterocycles. The summed E-state index contributed by atoms with van der Waals surface area (Å²) in [6, 6.07) is 0.547. The van der Waals surface area contributed by atoms with Gasteiger partial charge in [0.15, 0.2) is 5.03 Å². The van der Waals surface area contributed by atoms with Crippen LogP contribution in [0.1, 0.15) is 24.1 Å². The molecule has 1 aromatic heterocycles. The molecule has 20 heavy (non-hydrogen) atoms. The van der Waals surface area contributed by atoms with Crippen molar-refractivity contribution < 1.29 is 8.42 Å². The molecule has 1 saturated heterocycles. The summed E-state index contributed by atoms with van der Waals surface area (Å²) in [5.74, 6) is 1.72. The summed E-state index contributed by atoms with van der Waals surface area (Å²) in [5.41, 5.74) is 1.62. The third-order valence-electron chi connectivity index (χ3n) is 3.74. The Morgan fingerprint density at radius 1 is 1.40 bits per heavy atom. The minimum atomic E-state index is -3.46. The van der Waals surface area contributed by atoms with Gasteiger partial charge in [0.2, 0.25) is 0 Å². The fraction of sp³-hybridized carbons (Fsp3) is 0.750. The van der Waals surface area contributed by atoms with Crippen LogP contribution in [-0.4, -0.2) is 53.6 Å². The van der Waals surface area contributed by atoms with Crippen molar-refractivity contribution >= 4 is 21.8 Å². The predicted molar refractivity (Wildman–Crippen MR) is 79.3 cm³/mol. The van der Waals surface area contributed by atoms with Crippen LogP contribution in [0.5, 0.6) is 0 Å². The predicted octanol–water partition coefficient (Wildman–Crippen LogP) is 0.708. The van der Waals surface area contributed by atoms with E-state index in [1.807, 2.05) is 6.92 Å². The maximum absolute atomic E-state index is 12.7. The van der Waals surface area contributed by atoms with Gasteiger partial charge in [-0.05, 0) is 19.8 Å². The second-order valence-corrected chi connectivity index (χ2v) is 8.38. The van der Waals surface area contributed by atoms with E-state index in [1.165, 1.54) is 12.8 Å². The van der Waals surface area contributed by atoms with Crippen LogP contribution in [0.15, 0.2) is 5.03 Å². The standard InChI is InChI=1S/C12H20N4O2S2/c1-9-11(8-13-10-2-3-10)12(15-14-9)20(17,18)16-4-6-19-7-5-16/h10,13H,2-8H2,1H3,(H,14,15). The van der Waals surface area contributed by atoms with E-state index >= 15 is 0 Å². The Morgan fingerprint density at radius 3 is 2.75 bits per heavy atom. The molecule has 0 unspecified atom stereocenters. The molecule has 2 fully saturated rings. The van der Waals surface area contributed by atoms with Crippen molar-refractivity contribution in [2.75, 3.05) is 24.6 Å². The van der Waals surface area contributed by atoms with Gasteiger partial charge in [-0.25, -0.2) is 8.42 Å². The molecule has 2 aliphatic rings. The smallest absolute Gasteiger partial charge is 0.262 e. The molecule has 0 radical (unpaired) electrons. The fourth-order valence-corrected chi connectivity index (χ4v) is 5.03. The topological polar surface area (TPSA) is 78.1 Å². The highest BCUT2D eigenvalue weighted by Crippen LogP contribution is 2.25. The molecular weight excluding hydrogens is 296 g/mol. The van der Waals surface area contributed by atoms with Crippen LogP contribution in [0.25, 0.3) is 0 Å². The zero-order valence-electron chi connectivity index (χ0n) is 11.6. The minimum Gasteiger partial charge on any atom is -0.310 e. The Hall–Kier alpha value is -0.570. The van der Waals surface area contributed by atoms with E-state index in [1.54, 1.807) is 16.1 Å². The van der Waals surface area contributed by atoms with Crippen molar-refractivity contribution in [3.63, 3.8) is 0 Å². The van der Waals surface area contributed by atoms with Crippen molar-refractivity contribution in [3.8, 4) is 0 Å². The molecule has 0 atom stereocenters. The number of sulfonamides is 1. The lowest BCUT2D eigenvalue weighted by atomic mass is 10.2. The lowest BCUT2D eigenvalue weighted by Crippen LogP contribution is -2.38. The quantitative estimate of drug-likeness (QED) is 0.836. The van der Waals surface area contributed by atoms with Gasteiger partial charge in [-0.15, -0.1) is 0 Å². The summed E-state index contributed by atoms with van der Waals surface area (Å²) in [6.07, 6.45) is 2.37. The number of hydrogen-bond donors (Lipinski definition) is 2. The van der Waals surface area contributed by atoms with E-state index < -0.39 is 10.0 Å². The highest BCUT2D eigenvalue weighted by molar-refractivity contribution is 7.99. The zero-order valence-corrected chi connectivity index (χ0v) is 13.2. The lowest BCUT2D eigenvalue weighted by Gasteiger charge is -2.25. The Morgan fingerprint density at radius 2 is 2.10 bits per heavy atom. The fourth-order valence-electron chi connectivity index (χ4n) is 2.29. The van der Waals surface area contributed by atoms with E-state index in [4.69, 9.17) is 0 Å². The van der Waals surface area contributed by atoms with Crippen molar-refractivity contribution in [2.45, 2.75) is 37.4 Å². The van der Waals surface area contributed by atoms with Crippen LogP contribution in [0, 0.1) is 6.92 Å². The normalized spacial score (nSPS) is 21.2. The van der Waals surface area contributed by atoms with Crippen LogP contribution in [0.4, 0.5) is 0 Å². The Bertz CT molecular complexity index is 574. The maximum Gasteiger partial charge on any atom is 0.262 e. The molecule has 2 N–H and O–H groups in total. The van der Waals surface area contributed by atoms with Crippen molar-refractivity contribution in [3.05, 3.63) is 11.3 Å². The van der Waals surface area contributed by atoms with Crippen LogP contribution in [0.3, 0.4) is 0 Å². The highest BCUT2D eigenvalue weighted by Gasteiger charge is 2.32. The second kappa shape index (κ2) is 5.67. The molecule has 6 nitrogen and oxygen atoms in total. The van der Waals surface area contributed by atoms with Crippen LogP contribution in [0.2, 0.25) is 0 Å². The van der Waals surface area contributed by atoms with Crippen molar-refractivity contribution in [1.29, 1.82) is 0 Å². The summed E-state index contributed by atoms with van der Waals surface area (Å²) >= 11 is 1.80. The van der Waals surface area contributed by atoms with E-state index in [0.29, 0.717) is 25.7 Å². The summed E-state index contributed by atoms with van der Waals surface area (Å²) < 4.78 is 26.9. The number of nitrogens with one attached hydrogen (secondary N) is 2. The molecule has 1 saturated carbocycles. The molecule has 1 aliphatic carbocycles. The average molecular weight is 316 g/mol. The monoisotopic (exact) mass is 316 g/mol. The second-order valence-electron chi connectivity index (χ2n) is 5.30. The number of aromatic nitrogens is 2. The first kappa shape index (κ1) is 14.4. The van der Waals surface area contributed by atoms with Gasteiger partial charge in [-0.2, -0.15) is 21.2 Å². The molecule has 8 heteroatoms. The van der Waals surface area contributed by atoms with E-state index in [2.05, 4.69) is 15.5 Å². The van der Waals surface area contributed by atoms with Crippen molar-refractivity contribution in [1.82, 2.24) is 19.8 Å². The average Bonchev–Trinajstić information content (AvgIpc) is 3.20. The van der Waals surface area contributed by atoms with Gasteiger partial charge in [0.1, 0.15) is 0 Å². The zero-order chi connectivity index (χ0) is 14.2. The third kappa shape index (κ3) is 2.88. The summed E-state index contributed by atoms with van der Waals surface area (Å²) in [5, 5.41) is 10.5. The van der Waals surface area contributed by atoms with Gasteiger partial charge >= 0.3 is 0 Å². The number of aryl methyl sites for hydroxylation is 1. The Labute approximate surface area is 123 Å². The maximum atomic E-state index is 12.7. The molecule has 1 aromatic rings. The van der Waals surface area contributed by atoms with Gasteiger partial charge < -0.3 is 5.32 Å². The van der Waals surface area contributed by atoms with Gasteiger partial charge in [0.25, 0.3) is 10.0 Å². The third-order valence-corrected chi connectivity index (χ3v) is 6.55. The molecule has 112 valence electrons. The summed E-state index contributed by atoms with van der Waals surface area (Å²) in [4.78, 5) is 0. The number of hydrogen-bond acceptors (Lipinski definition) is 5. The van der Waals surface area contributed by atoms with Gasteiger partial charge in [-0.3, -0.25) is 5.10 Å². The molecule has 3 rings (SSSR count). The van der Waals surface area contributed by atoms with Crippen molar-refractivity contribution in [2.24, 2.45) is 0 Å². The number of H-pyrrole nitrogens is 1. The largest absolute Gasteiger partial charge is 0.310 e. The van der Waals surface area contributed by atoms with Gasteiger partial charge in [0.05, 0.1) is 0 Å². The van der Waals surface area contributed by atoms with E-state index in [-0.39, 0.29) is 5.03 Å². The SMILES string of the molecule is Cc1[nH]nc(S(=O)(=O)N2CCSCC2)c1CNC1CC1. The molecular formula is C12H20N4O2S2. The molecule has 0 bridgehead atoms. The highest BCUT2D eigenvalue weighted by atomic mass is 32.2. The lowest BCUT2D eigenvalue weighted by molar-refractivity contribution is 0.440. The molecule has 0 spiro atoms. The minimum absolute atomic E-state index is 0.204. The number of rotatable bonds is 5. The van der Waals surface area contributed by atoms with Crippen LogP contribution < -0.4 is 5.32 Å². The molecule has 1 aliphatic heterocycles. The number of nitrogens with zero attached hydrogens (tertiary/aromatic N) is 2. The molecule has 0 aromatic carbocycles. The summed E-state index contributed by atoms with van der Waals surface area (Å²) in [7, 11) is -3.46. The van der Waals surface area contributed by atoms with E-state index in [9.17, 15) is 8.42 Å². The number of aromatic amines is 1. The van der Waals surface area contributed by atoms with Gasteiger partial charge in [0, 0.05) is 48.4 Å². The first-order valence-corrected chi connectivity index (χ1v) is 9.53. The summed E-state index contributed by atoms with van der Waals surface area (Å²) in [6.45, 7) is 3.61. The number of thioether (sulfide) groups is 1. The van der Waals surface area contributed by atoms with Crippen LogP contribution >= 0.6 is 11.8 Å². The van der Waals surface area contributed by atoms with E-state index in [0.717, 1.165) is 22.8 Å². The van der Waals surface area contributed by atoms with Crippen LogP contribution in [-0.2, 0) is 16.6 Å². The Kier molecular flexibility index (Phi) is 4.07. The Balaban J connectivity index is 1.83. The first-order chi connectivity index (χ1) is 9.59.